The molecule has 10 nitrogen and oxygen atoms in total. The first-order valence-electron chi connectivity index (χ1n) is 8.69. The Hall–Kier alpha value is -3.34. The molecule has 0 spiro atoms. The van der Waals surface area contributed by atoms with E-state index in [-0.39, 0.29) is 11.5 Å². The second-order valence-corrected chi connectivity index (χ2v) is 6.36. The molecule has 1 aromatic heterocycles. The predicted octanol–water partition coefficient (Wildman–Crippen LogP) is 0.553. The van der Waals surface area contributed by atoms with Crippen LogP contribution in [0.2, 0.25) is 0 Å². The Morgan fingerprint density at radius 3 is 2.66 bits per heavy atom. The van der Waals surface area contributed by atoms with Gasteiger partial charge < -0.3 is 19.9 Å². The summed E-state index contributed by atoms with van der Waals surface area (Å²) in [7, 11) is 0. The summed E-state index contributed by atoms with van der Waals surface area (Å²) in [4.78, 5) is 39.2. The standard InChI is InChI=1S/C18H19FN4O6/c1-9-15(20)21-18(26)23(22-9)16-13(19)14(28-10(2)24)12(29-16)8-27-17(25)11-6-4-3-5-7-11/h3-7,12-14,16H,8H2,1-2H3,(H2,20,21,26)/t12-,13-,14-,16-/m1/s1. The summed E-state index contributed by atoms with van der Waals surface area (Å²) in [5, 5.41) is 3.90. The van der Waals surface area contributed by atoms with Crippen molar-refractivity contribution in [1.29, 1.82) is 0 Å². The number of hydrogen-bond donors (Lipinski definition) is 1. The lowest BCUT2D eigenvalue weighted by Crippen LogP contribution is -2.38. The fourth-order valence-corrected chi connectivity index (χ4v) is 2.83. The predicted molar refractivity (Wildman–Crippen MR) is 96.5 cm³/mol. The Labute approximate surface area is 164 Å². The molecule has 1 fully saturated rings. The fourth-order valence-electron chi connectivity index (χ4n) is 2.83. The Kier molecular flexibility index (Phi) is 5.87. The Morgan fingerprint density at radius 1 is 1.31 bits per heavy atom. The van der Waals surface area contributed by atoms with Crippen molar-refractivity contribution in [2.75, 3.05) is 12.3 Å². The van der Waals surface area contributed by atoms with E-state index in [1.165, 1.54) is 6.92 Å². The first kappa shape index (κ1) is 20.4. The average molecular weight is 406 g/mol. The highest BCUT2D eigenvalue weighted by Crippen LogP contribution is 2.33. The van der Waals surface area contributed by atoms with Crippen LogP contribution in [0.5, 0.6) is 0 Å². The molecule has 1 aliphatic rings. The normalized spacial score (nSPS) is 23.6. The van der Waals surface area contributed by atoms with Crippen LogP contribution in [0.4, 0.5) is 10.2 Å². The van der Waals surface area contributed by atoms with Gasteiger partial charge in [-0.3, -0.25) is 4.79 Å². The number of nitrogen functional groups attached to an aromatic ring is 1. The van der Waals surface area contributed by atoms with Gasteiger partial charge in [0, 0.05) is 6.92 Å². The summed E-state index contributed by atoms with van der Waals surface area (Å²) in [5.74, 6) is -1.51. The molecule has 4 atom stereocenters. The summed E-state index contributed by atoms with van der Waals surface area (Å²) in [6, 6.07) is 8.15. The van der Waals surface area contributed by atoms with Gasteiger partial charge in [-0.2, -0.15) is 14.8 Å². The number of ether oxygens (including phenoxy) is 3. The minimum atomic E-state index is -1.95. The Balaban J connectivity index is 1.80. The van der Waals surface area contributed by atoms with Crippen molar-refractivity contribution >= 4 is 17.8 Å². The third-order valence-corrected chi connectivity index (χ3v) is 4.24. The quantitative estimate of drug-likeness (QED) is 0.706. The van der Waals surface area contributed by atoms with Crippen molar-refractivity contribution in [3.8, 4) is 0 Å². The number of benzene rings is 1. The van der Waals surface area contributed by atoms with Crippen LogP contribution in [0.15, 0.2) is 35.1 Å². The zero-order valence-corrected chi connectivity index (χ0v) is 15.6. The Morgan fingerprint density at radius 2 is 2.00 bits per heavy atom. The van der Waals surface area contributed by atoms with E-state index in [1.807, 2.05) is 0 Å². The molecular weight excluding hydrogens is 387 g/mol. The molecule has 2 N–H and O–H groups in total. The molecule has 0 amide bonds. The van der Waals surface area contributed by atoms with Gasteiger partial charge in [-0.1, -0.05) is 18.2 Å². The number of carbonyl (C=O) groups excluding carboxylic acids is 2. The van der Waals surface area contributed by atoms with E-state index in [0.29, 0.717) is 10.2 Å². The van der Waals surface area contributed by atoms with E-state index in [1.54, 1.807) is 30.3 Å². The largest absolute Gasteiger partial charge is 0.459 e. The number of aromatic nitrogens is 3. The monoisotopic (exact) mass is 406 g/mol. The number of aryl methyl sites for hydroxylation is 1. The van der Waals surface area contributed by atoms with E-state index in [0.717, 1.165) is 6.92 Å². The Bertz CT molecular complexity index is 967. The fraction of sp³-hybridized carbons (Fsp3) is 0.389. The number of rotatable bonds is 5. The number of esters is 2. The highest BCUT2D eigenvalue weighted by atomic mass is 19.1. The van der Waals surface area contributed by atoms with E-state index in [2.05, 4.69) is 10.1 Å². The molecule has 154 valence electrons. The molecule has 2 heterocycles. The van der Waals surface area contributed by atoms with Gasteiger partial charge in [0.15, 0.2) is 24.3 Å². The molecule has 0 bridgehead atoms. The molecular formula is C18H19FN4O6. The van der Waals surface area contributed by atoms with Crippen LogP contribution in [-0.2, 0) is 19.0 Å². The van der Waals surface area contributed by atoms with Crippen LogP contribution in [0.3, 0.4) is 0 Å². The molecule has 1 saturated heterocycles. The molecule has 29 heavy (non-hydrogen) atoms. The van der Waals surface area contributed by atoms with Crippen molar-refractivity contribution in [1.82, 2.24) is 14.8 Å². The lowest BCUT2D eigenvalue weighted by Gasteiger charge is -2.18. The van der Waals surface area contributed by atoms with Crippen LogP contribution in [-0.4, -0.2) is 51.7 Å². The summed E-state index contributed by atoms with van der Waals surface area (Å²) >= 11 is 0. The summed E-state index contributed by atoms with van der Waals surface area (Å²) < 4.78 is 31.4. The number of anilines is 1. The lowest BCUT2D eigenvalue weighted by molar-refractivity contribution is -0.152. The van der Waals surface area contributed by atoms with Gasteiger partial charge in [-0.15, -0.1) is 0 Å². The summed E-state index contributed by atoms with van der Waals surface area (Å²) in [6.07, 6.45) is -6.04. The highest BCUT2D eigenvalue weighted by molar-refractivity contribution is 5.89. The zero-order chi connectivity index (χ0) is 21.1. The van der Waals surface area contributed by atoms with E-state index < -0.39 is 48.8 Å². The number of nitrogens with zero attached hydrogens (tertiary/aromatic N) is 3. The van der Waals surface area contributed by atoms with E-state index in [9.17, 15) is 14.4 Å². The summed E-state index contributed by atoms with van der Waals surface area (Å²) in [5.41, 5.74) is 5.09. The number of nitrogens with two attached hydrogens (primary N) is 1. The molecule has 0 aliphatic carbocycles. The van der Waals surface area contributed by atoms with Crippen molar-refractivity contribution in [3.05, 3.63) is 52.1 Å². The molecule has 0 saturated carbocycles. The molecule has 0 unspecified atom stereocenters. The smallest absolute Gasteiger partial charge is 0.368 e. The average Bonchev–Trinajstić information content (AvgIpc) is 2.98. The van der Waals surface area contributed by atoms with Crippen molar-refractivity contribution in [2.24, 2.45) is 0 Å². The maximum atomic E-state index is 15.0. The number of hydrogen-bond acceptors (Lipinski definition) is 9. The van der Waals surface area contributed by atoms with Crippen LogP contribution >= 0.6 is 0 Å². The SMILES string of the molecule is CC(=O)O[C@H]1[C@@H](F)[C@H](n2nc(C)c(N)nc2=O)O[C@@H]1COC(=O)c1ccccc1. The van der Waals surface area contributed by atoms with Gasteiger partial charge in [0.25, 0.3) is 0 Å². The van der Waals surface area contributed by atoms with Crippen molar-refractivity contribution < 1.29 is 28.2 Å². The van der Waals surface area contributed by atoms with Crippen molar-refractivity contribution in [3.63, 3.8) is 0 Å². The minimum absolute atomic E-state index is 0.0930. The number of alkyl halides is 1. The zero-order valence-electron chi connectivity index (χ0n) is 15.6. The number of halogens is 1. The van der Waals surface area contributed by atoms with Gasteiger partial charge in [0.1, 0.15) is 18.4 Å². The van der Waals surface area contributed by atoms with Gasteiger partial charge >= 0.3 is 17.6 Å². The van der Waals surface area contributed by atoms with Crippen LogP contribution in [0.25, 0.3) is 0 Å². The van der Waals surface area contributed by atoms with Crippen molar-refractivity contribution in [2.45, 2.75) is 38.5 Å². The molecule has 1 aliphatic heterocycles. The number of carbonyl (C=O) groups is 2. The third kappa shape index (κ3) is 4.40. The van der Waals surface area contributed by atoms with E-state index in [4.69, 9.17) is 19.9 Å². The lowest BCUT2D eigenvalue weighted by atomic mass is 10.1. The topological polar surface area (TPSA) is 136 Å². The molecule has 0 radical (unpaired) electrons. The molecule has 2 aromatic rings. The molecule has 1 aromatic carbocycles. The second-order valence-electron chi connectivity index (χ2n) is 6.36. The minimum Gasteiger partial charge on any atom is -0.459 e. The molecule has 11 heteroatoms. The first-order valence-corrected chi connectivity index (χ1v) is 8.69. The third-order valence-electron chi connectivity index (χ3n) is 4.24. The maximum Gasteiger partial charge on any atom is 0.368 e. The van der Waals surface area contributed by atoms with Crippen LogP contribution in [0.1, 0.15) is 29.2 Å². The first-order chi connectivity index (χ1) is 13.8. The van der Waals surface area contributed by atoms with Gasteiger partial charge in [0.2, 0.25) is 0 Å². The van der Waals surface area contributed by atoms with E-state index >= 15 is 4.39 Å². The van der Waals surface area contributed by atoms with Crippen LogP contribution < -0.4 is 11.4 Å². The van der Waals surface area contributed by atoms with Gasteiger partial charge in [-0.25, -0.2) is 14.0 Å². The van der Waals surface area contributed by atoms with Gasteiger partial charge in [-0.05, 0) is 19.1 Å². The molecule has 3 rings (SSSR count). The van der Waals surface area contributed by atoms with Crippen LogP contribution in [0, 0.1) is 6.92 Å². The summed E-state index contributed by atoms with van der Waals surface area (Å²) in [6.45, 7) is 2.19. The van der Waals surface area contributed by atoms with Gasteiger partial charge in [0.05, 0.1) is 5.56 Å². The highest BCUT2D eigenvalue weighted by Gasteiger charge is 2.50. The second kappa shape index (κ2) is 8.35. The maximum absolute atomic E-state index is 15.0.